The van der Waals surface area contributed by atoms with Crippen LogP contribution < -0.4 is 10.3 Å². The smallest absolute Gasteiger partial charge is 0.258 e. The van der Waals surface area contributed by atoms with Crippen LogP contribution in [0, 0.1) is 0 Å². The Bertz CT molecular complexity index is 839. The van der Waals surface area contributed by atoms with Gasteiger partial charge >= 0.3 is 0 Å². The zero-order valence-corrected chi connectivity index (χ0v) is 12.7. The molecule has 0 amide bonds. The molecule has 0 fully saturated rings. The second-order valence-corrected chi connectivity index (χ2v) is 5.55. The maximum atomic E-state index is 12.2. The molecule has 0 atom stereocenters. The highest BCUT2D eigenvalue weighted by Crippen LogP contribution is 2.18. The Labute approximate surface area is 128 Å². The Hall–Kier alpha value is -2.62. The molecule has 3 aromatic rings. The van der Waals surface area contributed by atoms with Crippen LogP contribution in [0.3, 0.4) is 0 Å². The van der Waals surface area contributed by atoms with Crippen molar-refractivity contribution in [2.45, 2.75) is 26.4 Å². The van der Waals surface area contributed by atoms with Crippen LogP contribution >= 0.6 is 0 Å². The molecule has 0 aliphatic carbocycles. The van der Waals surface area contributed by atoms with Gasteiger partial charge in [0, 0.05) is 0 Å². The molecule has 0 bridgehead atoms. The van der Waals surface area contributed by atoms with E-state index in [0.717, 1.165) is 11.3 Å². The Kier molecular flexibility index (Phi) is 3.92. The van der Waals surface area contributed by atoms with Crippen molar-refractivity contribution >= 4 is 10.9 Å². The Morgan fingerprint density at radius 1 is 1.14 bits per heavy atom. The number of fused-ring (bicyclic) bond motifs is 1. The Morgan fingerprint density at radius 3 is 2.64 bits per heavy atom. The highest BCUT2D eigenvalue weighted by Gasteiger charge is 2.07. The summed E-state index contributed by atoms with van der Waals surface area (Å²) in [6, 6.07) is 15.3. The largest absolute Gasteiger partial charge is 0.486 e. The van der Waals surface area contributed by atoms with Crippen LogP contribution in [0.4, 0.5) is 0 Å². The van der Waals surface area contributed by atoms with E-state index in [4.69, 9.17) is 4.74 Å². The summed E-state index contributed by atoms with van der Waals surface area (Å²) in [5.41, 5.74) is 1.70. The van der Waals surface area contributed by atoms with Gasteiger partial charge < -0.3 is 9.72 Å². The number of hydrogen-bond donors (Lipinski definition) is 1. The molecule has 0 saturated heterocycles. The average Bonchev–Trinajstić information content (AvgIpc) is 2.53. The lowest BCUT2D eigenvalue weighted by Crippen LogP contribution is -2.14. The van der Waals surface area contributed by atoms with E-state index < -0.39 is 0 Å². The first kappa shape index (κ1) is 14.3. The second-order valence-electron chi connectivity index (χ2n) is 5.55. The van der Waals surface area contributed by atoms with Gasteiger partial charge in [-0.05, 0) is 35.7 Å². The molecule has 1 heterocycles. The third-order valence-electron chi connectivity index (χ3n) is 3.56. The number of hydrogen-bond acceptors (Lipinski definition) is 3. The second kappa shape index (κ2) is 6.02. The number of H-pyrrole nitrogens is 1. The molecule has 1 N–H and O–H groups in total. The molecular formula is C18H18N2O2. The van der Waals surface area contributed by atoms with Gasteiger partial charge in [-0.15, -0.1) is 0 Å². The number of nitrogens with zero attached hydrogens (tertiary/aromatic N) is 1. The number of aromatic amines is 1. The van der Waals surface area contributed by atoms with Crippen molar-refractivity contribution in [3.05, 3.63) is 70.3 Å². The maximum absolute atomic E-state index is 12.2. The van der Waals surface area contributed by atoms with E-state index in [9.17, 15) is 4.79 Å². The van der Waals surface area contributed by atoms with Crippen molar-refractivity contribution in [3.8, 4) is 5.75 Å². The van der Waals surface area contributed by atoms with Crippen LogP contribution in [0.5, 0.6) is 5.75 Å². The summed E-state index contributed by atoms with van der Waals surface area (Å²) < 4.78 is 5.63. The van der Waals surface area contributed by atoms with Crippen molar-refractivity contribution in [3.63, 3.8) is 0 Å². The molecule has 2 aromatic carbocycles. The highest BCUT2D eigenvalue weighted by atomic mass is 16.5. The minimum Gasteiger partial charge on any atom is -0.486 e. The van der Waals surface area contributed by atoms with E-state index in [1.54, 1.807) is 0 Å². The number of para-hydroxylation sites is 1. The molecule has 0 unspecified atom stereocenters. The quantitative estimate of drug-likeness (QED) is 0.799. The van der Waals surface area contributed by atoms with Crippen molar-refractivity contribution in [1.29, 1.82) is 0 Å². The van der Waals surface area contributed by atoms with Crippen molar-refractivity contribution in [1.82, 2.24) is 9.97 Å². The molecule has 4 heteroatoms. The molecule has 0 aliphatic heterocycles. The SMILES string of the molecule is CC(C)c1ccc2nc(COc3ccccc3)[nH]c(=O)c2c1. The number of rotatable bonds is 4. The third-order valence-corrected chi connectivity index (χ3v) is 3.56. The maximum Gasteiger partial charge on any atom is 0.258 e. The number of aromatic nitrogens is 2. The standard InChI is InChI=1S/C18H18N2O2/c1-12(2)13-8-9-16-15(10-13)18(21)20-17(19-16)11-22-14-6-4-3-5-7-14/h3-10,12H,11H2,1-2H3,(H,19,20,21). The van der Waals surface area contributed by atoms with Gasteiger partial charge in [0.05, 0.1) is 10.9 Å². The lowest BCUT2D eigenvalue weighted by atomic mass is 10.0. The third kappa shape index (κ3) is 3.01. The molecule has 0 saturated carbocycles. The summed E-state index contributed by atoms with van der Waals surface area (Å²) in [6.07, 6.45) is 0. The molecule has 0 radical (unpaired) electrons. The summed E-state index contributed by atoms with van der Waals surface area (Å²) in [5, 5.41) is 0.620. The monoisotopic (exact) mass is 294 g/mol. The van der Waals surface area contributed by atoms with Crippen LogP contribution in [-0.4, -0.2) is 9.97 Å². The molecular weight excluding hydrogens is 276 g/mol. The van der Waals surface area contributed by atoms with Crippen molar-refractivity contribution in [2.75, 3.05) is 0 Å². The van der Waals surface area contributed by atoms with Gasteiger partial charge in [0.15, 0.2) is 0 Å². The highest BCUT2D eigenvalue weighted by molar-refractivity contribution is 5.78. The normalized spacial score (nSPS) is 11.0. The fraction of sp³-hybridized carbons (Fsp3) is 0.222. The van der Waals surface area contributed by atoms with Gasteiger partial charge in [-0.1, -0.05) is 38.1 Å². The summed E-state index contributed by atoms with van der Waals surface area (Å²) in [7, 11) is 0. The van der Waals surface area contributed by atoms with Crippen LogP contribution in [0.25, 0.3) is 10.9 Å². The minimum absolute atomic E-state index is 0.126. The molecule has 112 valence electrons. The predicted molar refractivity (Wildman–Crippen MR) is 87.2 cm³/mol. The summed E-state index contributed by atoms with van der Waals surface area (Å²) in [4.78, 5) is 19.5. The van der Waals surface area contributed by atoms with E-state index in [1.165, 1.54) is 0 Å². The fourth-order valence-electron chi connectivity index (χ4n) is 2.30. The number of benzene rings is 2. The van der Waals surface area contributed by atoms with Crippen LogP contribution in [0.15, 0.2) is 53.3 Å². The predicted octanol–water partition coefficient (Wildman–Crippen LogP) is 3.63. The van der Waals surface area contributed by atoms with Gasteiger partial charge in [0.1, 0.15) is 18.2 Å². The minimum atomic E-state index is -0.126. The van der Waals surface area contributed by atoms with E-state index in [2.05, 4.69) is 23.8 Å². The van der Waals surface area contributed by atoms with E-state index >= 15 is 0 Å². The van der Waals surface area contributed by atoms with E-state index in [1.807, 2.05) is 48.5 Å². The molecule has 3 rings (SSSR count). The van der Waals surface area contributed by atoms with E-state index in [0.29, 0.717) is 22.6 Å². The molecule has 4 nitrogen and oxygen atoms in total. The number of ether oxygens (including phenoxy) is 1. The van der Waals surface area contributed by atoms with Gasteiger partial charge in [-0.2, -0.15) is 0 Å². The van der Waals surface area contributed by atoms with Gasteiger partial charge in [0.2, 0.25) is 0 Å². The number of nitrogens with one attached hydrogen (secondary N) is 1. The van der Waals surface area contributed by atoms with Gasteiger partial charge in [0.25, 0.3) is 5.56 Å². The van der Waals surface area contributed by atoms with E-state index in [-0.39, 0.29) is 12.2 Å². The zero-order valence-electron chi connectivity index (χ0n) is 12.7. The Morgan fingerprint density at radius 2 is 1.91 bits per heavy atom. The van der Waals surface area contributed by atoms with Gasteiger partial charge in [-0.3, -0.25) is 4.79 Å². The first-order valence-electron chi connectivity index (χ1n) is 7.34. The molecule has 22 heavy (non-hydrogen) atoms. The molecule has 0 aliphatic rings. The Balaban J connectivity index is 1.89. The first-order chi connectivity index (χ1) is 10.6. The summed E-state index contributed by atoms with van der Waals surface area (Å²) in [5.74, 6) is 1.66. The van der Waals surface area contributed by atoms with Gasteiger partial charge in [-0.25, -0.2) is 4.98 Å². The zero-order chi connectivity index (χ0) is 15.5. The van der Waals surface area contributed by atoms with Crippen molar-refractivity contribution < 1.29 is 4.74 Å². The average molecular weight is 294 g/mol. The van der Waals surface area contributed by atoms with Crippen LogP contribution in [0.2, 0.25) is 0 Å². The molecule has 1 aromatic heterocycles. The summed E-state index contributed by atoms with van der Waals surface area (Å²) in [6.45, 7) is 4.44. The van der Waals surface area contributed by atoms with Crippen LogP contribution in [-0.2, 0) is 6.61 Å². The fourth-order valence-corrected chi connectivity index (χ4v) is 2.30. The topological polar surface area (TPSA) is 55.0 Å². The van der Waals surface area contributed by atoms with Crippen molar-refractivity contribution in [2.24, 2.45) is 0 Å². The van der Waals surface area contributed by atoms with Crippen LogP contribution in [0.1, 0.15) is 31.2 Å². The lowest BCUT2D eigenvalue weighted by molar-refractivity contribution is 0.296. The first-order valence-corrected chi connectivity index (χ1v) is 7.34. The lowest BCUT2D eigenvalue weighted by Gasteiger charge is -2.08. The summed E-state index contributed by atoms with van der Waals surface area (Å²) >= 11 is 0. The molecule has 0 spiro atoms.